The third-order valence-corrected chi connectivity index (χ3v) is 2.98. The zero-order valence-corrected chi connectivity index (χ0v) is 10.9. The molecule has 0 aliphatic heterocycles. The van der Waals surface area contributed by atoms with Crippen LogP contribution in [0.5, 0.6) is 0 Å². The average Bonchev–Trinajstić information content (AvgIpc) is 2.42. The molecule has 0 aliphatic rings. The van der Waals surface area contributed by atoms with E-state index in [4.69, 9.17) is 11.5 Å². The normalized spacial score (nSPS) is 11.9. The number of nitrogens with zero attached hydrogens (tertiary/aromatic N) is 1. The first-order valence-corrected chi connectivity index (χ1v) is 6.04. The molecule has 2 rings (SSSR count). The van der Waals surface area contributed by atoms with Crippen LogP contribution in [0, 0.1) is 5.82 Å². The number of hydrogen-bond donors (Lipinski definition) is 3. The number of carbonyl (C=O) groups is 1. The quantitative estimate of drug-likeness (QED) is 0.744. The molecular weight excluding hydrogens is 259 g/mol. The minimum atomic E-state index is -0.692. The molecule has 0 aliphatic carbocycles. The van der Waals surface area contributed by atoms with E-state index in [1.54, 1.807) is 12.4 Å². The lowest BCUT2D eigenvalue weighted by Crippen LogP contribution is -2.15. The SMILES string of the molecule is CC(Nc1cc(C(N)=O)c(N)cc1F)c1ccncc1. The third kappa shape index (κ3) is 2.85. The van der Waals surface area contributed by atoms with Crippen molar-refractivity contribution < 1.29 is 9.18 Å². The Balaban J connectivity index is 2.29. The molecule has 5 nitrogen and oxygen atoms in total. The predicted molar refractivity (Wildman–Crippen MR) is 75.6 cm³/mol. The molecule has 2 aromatic rings. The first-order chi connectivity index (χ1) is 9.49. The first kappa shape index (κ1) is 13.8. The standard InChI is InChI=1S/C14H15FN4O/c1-8(9-2-4-18-5-3-9)19-13-6-10(14(17)20)12(16)7-11(13)15/h2-8,19H,16H2,1H3,(H2,17,20). The fraction of sp³-hybridized carbons (Fsp3) is 0.143. The van der Waals surface area contributed by atoms with Crippen LogP contribution >= 0.6 is 0 Å². The Morgan fingerprint density at radius 2 is 2.00 bits per heavy atom. The molecule has 1 atom stereocenters. The molecule has 6 heteroatoms. The van der Waals surface area contributed by atoms with Crippen LogP contribution in [0.4, 0.5) is 15.8 Å². The highest BCUT2D eigenvalue weighted by molar-refractivity contribution is 5.99. The highest BCUT2D eigenvalue weighted by atomic mass is 19.1. The molecule has 0 bridgehead atoms. The first-order valence-electron chi connectivity index (χ1n) is 6.04. The van der Waals surface area contributed by atoms with E-state index in [1.165, 1.54) is 6.07 Å². The maximum Gasteiger partial charge on any atom is 0.250 e. The van der Waals surface area contributed by atoms with Crippen molar-refractivity contribution in [2.24, 2.45) is 5.73 Å². The lowest BCUT2D eigenvalue weighted by Gasteiger charge is -2.17. The number of carbonyl (C=O) groups excluding carboxylic acids is 1. The number of nitrogen functional groups attached to an aromatic ring is 1. The van der Waals surface area contributed by atoms with Crippen LogP contribution in [0.3, 0.4) is 0 Å². The van der Waals surface area contributed by atoms with Gasteiger partial charge in [-0.2, -0.15) is 0 Å². The van der Waals surface area contributed by atoms with Gasteiger partial charge in [0.05, 0.1) is 11.3 Å². The predicted octanol–water partition coefficient (Wildman–Crippen LogP) is 2.07. The Morgan fingerprint density at radius 1 is 1.35 bits per heavy atom. The van der Waals surface area contributed by atoms with Gasteiger partial charge in [0.15, 0.2) is 0 Å². The fourth-order valence-electron chi connectivity index (χ4n) is 1.88. The van der Waals surface area contributed by atoms with Gasteiger partial charge in [-0.05, 0) is 36.8 Å². The van der Waals surface area contributed by atoms with Gasteiger partial charge in [-0.25, -0.2) is 4.39 Å². The van der Waals surface area contributed by atoms with Crippen LogP contribution in [0.15, 0.2) is 36.7 Å². The Bertz CT molecular complexity index is 631. The van der Waals surface area contributed by atoms with Crippen LogP contribution in [-0.2, 0) is 0 Å². The van der Waals surface area contributed by atoms with E-state index >= 15 is 0 Å². The average molecular weight is 274 g/mol. The Labute approximate surface area is 115 Å². The minimum absolute atomic E-state index is 0.0251. The Morgan fingerprint density at radius 3 is 2.60 bits per heavy atom. The molecular formula is C14H15FN4O. The maximum absolute atomic E-state index is 13.9. The van der Waals surface area contributed by atoms with Crippen molar-refractivity contribution >= 4 is 17.3 Å². The van der Waals surface area contributed by atoms with Crippen molar-refractivity contribution in [3.63, 3.8) is 0 Å². The summed E-state index contributed by atoms with van der Waals surface area (Å²) in [6, 6.07) is 5.90. The number of rotatable bonds is 4. The molecule has 0 radical (unpaired) electrons. The molecule has 1 aromatic heterocycles. The van der Waals surface area contributed by atoms with Crippen LogP contribution < -0.4 is 16.8 Å². The number of benzene rings is 1. The summed E-state index contributed by atoms with van der Waals surface area (Å²) in [5.74, 6) is -1.23. The zero-order chi connectivity index (χ0) is 14.7. The maximum atomic E-state index is 13.9. The monoisotopic (exact) mass is 274 g/mol. The molecule has 1 aromatic carbocycles. The van der Waals surface area contributed by atoms with Gasteiger partial charge in [0.25, 0.3) is 5.91 Å². The number of pyridine rings is 1. The zero-order valence-electron chi connectivity index (χ0n) is 10.9. The molecule has 1 amide bonds. The summed E-state index contributed by atoms with van der Waals surface area (Å²) >= 11 is 0. The van der Waals surface area contributed by atoms with Gasteiger partial charge in [-0.3, -0.25) is 9.78 Å². The number of nitrogens with one attached hydrogen (secondary N) is 1. The van der Waals surface area contributed by atoms with E-state index in [-0.39, 0.29) is 23.0 Å². The third-order valence-electron chi connectivity index (χ3n) is 2.98. The van der Waals surface area contributed by atoms with Crippen molar-refractivity contribution in [1.29, 1.82) is 0 Å². The lowest BCUT2D eigenvalue weighted by atomic mass is 10.1. The second kappa shape index (κ2) is 5.56. The van der Waals surface area contributed by atoms with Gasteiger partial charge in [0.2, 0.25) is 0 Å². The molecule has 1 heterocycles. The van der Waals surface area contributed by atoms with Crippen LogP contribution in [0.1, 0.15) is 28.9 Å². The smallest absolute Gasteiger partial charge is 0.250 e. The van der Waals surface area contributed by atoms with Gasteiger partial charge in [0.1, 0.15) is 5.82 Å². The lowest BCUT2D eigenvalue weighted by molar-refractivity contribution is 0.100. The number of amides is 1. The van der Waals surface area contributed by atoms with Crippen molar-refractivity contribution in [1.82, 2.24) is 4.98 Å². The van der Waals surface area contributed by atoms with Gasteiger partial charge < -0.3 is 16.8 Å². The van der Waals surface area contributed by atoms with E-state index in [0.717, 1.165) is 11.6 Å². The molecule has 20 heavy (non-hydrogen) atoms. The Hall–Kier alpha value is -2.63. The molecule has 0 fully saturated rings. The molecule has 104 valence electrons. The summed E-state index contributed by atoms with van der Waals surface area (Å²) in [5, 5.41) is 2.98. The molecule has 1 unspecified atom stereocenters. The number of halogens is 1. The summed E-state index contributed by atoms with van der Waals surface area (Å²) in [6.07, 6.45) is 3.31. The van der Waals surface area contributed by atoms with Crippen molar-refractivity contribution in [2.45, 2.75) is 13.0 Å². The van der Waals surface area contributed by atoms with Crippen LogP contribution in [0.2, 0.25) is 0 Å². The second-order valence-electron chi connectivity index (χ2n) is 4.43. The van der Waals surface area contributed by atoms with E-state index in [0.29, 0.717) is 0 Å². The van der Waals surface area contributed by atoms with Crippen molar-refractivity contribution in [2.75, 3.05) is 11.1 Å². The highest BCUT2D eigenvalue weighted by Gasteiger charge is 2.14. The van der Waals surface area contributed by atoms with Crippen molar-refractivity contribution in [3.05, 3.63) is 53.6 Å². The summed E-state index contributed by atoms with van der Waals surface area (Å²) in [6.45, 7) is 1.87. The summed E-state index contributed by atoms with van der Waals surface area (Å²) < 4.78 is 13.9. The number of anilines is 2. The molecule has 0 saturated heterocycles. The van der Waals surface area contributed by atoms with Crippen LogP contribution in [0.25, 0.3) is 0 Å². The molecule has 0 saturated carbocycles. The highest BCUT2D eigenvalue weighted by Crippen LogP contribution is 2.25. The summed E-state index contributed by atoms with van der Waals surface area (Å²) in [7, 11) is 0. The second-order valence-corrected chi connectivity index (χ2v) is 4.43. The Kier molecular flexibility index (Phi) is 3.84. The minimum Gasteiger partial charge on any atom is -0.398 e. The van der Waals surface area contributed by atoms with E-state index in [2.05, 4.69) is 10.3 Å². The largest absolute Gasteiger partial charge is 0.398 e. The van der Waals surface area contributed by atoms with Gasteiger partial charge in [-0.1, -0.05) is 0 Å². The van der Waals surface area contributed by atoms with E-state index in [9.17, 15) is 9.18 Å². The van der Waals surface area contributed by atoms with Gasteiger partial charge in [-0.15, -0.1) is 0 Å². The van der Waals surface area contributed by atoms with Crippen molar-refractivity contribution in [3.8, 4) is 0 Å². The topological polar surface area (TPSA) is 94.0 Å². The van der Waals surface area contributed by atoms with E-state index < -0.39 is 11.7 Å². The van der Waals surface area contributed by atoms with Gasteiger partial charge in [0, 0.05) is 24.1 Å². The van der Waals surface area contributed by atoms with Crippen LogP contribution in [-0.4, -0.2) is 10.9 Å². The number of nitrogens with two attached hydrogens (primary N) is 2. The van der Waals surface area contributed by atoms with Gasteiger partial charge >= 0.3 is 0 Å². The number of aromatic nitrogens is 1. The summed E-state index contributed by atoms with van der Waals surface area (Å²) in [4.78, 5) is 15.1. The van der Waals surface area contributed by atoms with E-state index in [1.807, 2.05) is 19.1 Å². The summed E-state index contributed by atoms with van der Waals surface area (Å²) in [5.41, 5.74) is 12.0. The number of hydrogen-bond acceptors (Lipinski definition) is 4. The fourth-order valence-corrected chi connectivity index (χ4v) is 1.88. The molecule has 0 spiro atoms. The number of primary amides is 1. The molecule has 5 N–H and O–H groups in total.